The quantitative estimate of drug-likeness (QED) is 0.448. The zero-order valence-electron chi connectivity index (χ0n) is 7.83. The summed E-state index contributed by atoms with van der Waals surface area (Å²) >= 11 is 15.3. The van der Waals surface area contributed by atoms with Crippen LogP contribution >= 0.6 is 32.6 Å². The van der Waals surface area contributed by atoms with E-state index < -0.39 is 5.39 Å². The summed E-state index contributed by atoms with van der Waals surface area (Å²) in [4.78, 5) is 0. The van der Waals surface area contributed by atoms with Crippen LogP contribution < -0.4 is 5.30 Å². The van der Waals surface area contributed by atoms with Gasteiger partial charge in [0.15, 0.2) is 0 Å². The third-order valence-electron chi connectivity index (χ3n) is 1.97. The maximum absolute atomic E-state index is 6.41. The van der Waals surface area contributed by atoms with Gasteiger partial charge in [0.05, 0.1) is 5.39 Å². The van der Waals surface area contributed by atoms with E-state index in [0.717, 1.165) is 29.6 Å². The molecule has 0 heterocycles. The molecule has 1 aromatic rings. The molecule has 1 rings (SSSR count). The Labute approximate surface area is 104 Å². The second-order valence-corrected chi connectivity index (χ2v) is 10.4. The van der Waals surface area contributed by atoms with Gasteiger partial charge in [-0.2, -0.15) is 0 Å². The minimum atomic E-state index is -1.79. The lowest BCUT2D eigenvalue weighted by atomic mass is 10.4. The Balaban J connectivity index is 2.62. The van der Waals surface area contributed by atoms with Crippen LogP contribution in [0.5, 0.6) is 0 Å². The van der Waals surface area contributed by atoms with E-state index in [1.807, 2.05) is 30.3 Å². The maximum atomic E-state index is 6.41. The highest BCUT2D eigenvalue weighted by Crippen LogP contribution is 2.50. The Kier molecular flexibility index (Phi) is 5.69. The van der Waals surface area contributed by atoms with Gasteiger partial charge in [0.1, 0.15) is 0 Å². The van der Waals surface area contributed by atoms with Crippen molar-refractivity contribution in [3.8, 4) is 0 Å². The molecule has 1 atom stereocenters. The number of benzene rings is 1. The third-order valence-corrected chi connectivity index (χ3v) is 6.77. The highest BCUT2D eigenvalue weighted by atomic mass is 79.9. The fraction of sp³-hybridized carbons (Fsp3) is 0.400. The molecule has 0 amide bonds. The number of alkyl halides is 1. The molecule has 0 radical (unpaired) electrons. The average Bonchev–Trinajstić information content (AvgIpc) is 2.19. The zero-order chi connectivity index (χ0) is 10.4. The first kappa shape index (κ1) is 12.7. The second kappa shape index (κ2) is 6.27. The van der Waals surface area contributed by atoms with E-state index in [-0.39, 0.29) is 0 Å². The van der Waals surface area contributed by atoms with Gasteiger partial charge >= 0.3 is 0 Å². The van der Waals surface area contributed by atoms with Gasteiger partial charge in [0.25, 0.3) is 0 Å². The van der Waals surface area contributed by atoms with Crippen molar-refractivity contribution in [1.29, 1.82) is 0 Å². The molecule has 0 aliphatic carbocycles. The van der Waals surface area contributed by atoms with E-state index in [4.69, 9.17) is 23.0 Å². The van der Waals surface area contributed by atoms with Crippen molar-refractivity contribution in [2.45, 2.75) is 12.8 Å². The monoisotopic (exact) mass is 310 g/mol. The predicted octanol–water partition coefficient (Wildman–Crippen LogP) is 4.12. The van der Waals surface area contributed by atoms with E-state index in [1.165, 1.54) is 0 Å². The normalized spacial score (nSPS) is 15.0. The fourth-order valence-corrected chi connectivity index (χ4v) is 4.54. The summed E-state index contributed by atoms with van der Waals surface area (Å²) in [5.74, 6) is 0. The zero-order valence-corrected chi connectivity index (χ0v) is 11.9. The van der Waals surface area contributed by atoms with Crippen LogP contribution in [-0.4, -0.2) is 11.5 Å². The molecule has 0 saturated carbocycles. The van der Waals surface area contributed by atoms with Gasteiger partial charge in [0.2, 0.25) is 0 Å². The Morgan fingerprint density at radius 1 is 1.21 bits per heavy atom. The molecule has 1 aromatic carbocycles. The van der Waals surface area contributed by atoms with E-state index in [0.29, 0.717) is 0 Å². The van der Waals surface area contributed by atoms with Crippen molar-refractivity contribution in [3.63, 3.8) is 0 Å². The molecule has 0 fully saturated rings. The lowest BCUT2D eigenvalue weighted by Crippen LogP contribution is -2.02. The third kappa shape index (κ3) is 4.02. The summed E-state index contributed by atoms with van der Waals surface area (Å²) in [5.41, 5.74) is 0. The first-order chi connectivity index (χ1) is 6.67. The van der Waals surface area contributed by atoms with Crippen LogP contribution in [0.2, 0.25) is 0 Å². The molecule has 0 aliphatic heterocycles. The SMILES string of the molecule is S=P(Cl)(CCCCBr)c1ccccc1. The van der Waals surface area contributed by atoms with Crippen LogP contribution in [0, 0.1) is 0 Å². The van der Waals surface area contributed by atoms with Gasteiger partial charge in [0, 0.05) is 5.33 Å². The fourth-order valence-electron chi connectivity index (χ4n) is 1.19. The van der Waals surface area contributed by atoms with Crippen LogP contribution in [0.25, 0.3) is 0 Å². The van der Waals surface area contributed by atoms with Crippen LogP contribution in [0.4, 0.5) is 0 Å². The number of unbranched alkanes of at least 4 members (excludes halogenated alkanes) is 1. The minimum absolute atomic E-state index is 0.958. The molecule has 78 valence electrons. The number of hydrogen-bond donors (Lipinski definition) is 0. The molecule has 0 bridgehead atoms. The van der Waals surface area contributed by atoms with Gasteiger partial charge in [-0.1, -0.05) is 69.3 Å². The van der Waals surface area contributed by atoms with Gasteiger partial charge < -0.3 is 0 Å². The van der Waals surface area contributed by atoms with Crippen molar-refractivity contribution in [2.75, 3.05) is 11.5 Å². The molecule has 4 heteroatoms. The summed E-state index contributed by atoms with van der Waals surface area (Å²) in [5, 5.41) is 0.391. The van der Waals surface area contributed by atoms with Gasteiger partial charge in [-0.25, -0.2) is 0 Å². The Morgan fingerprint density at radius 2 is 1.86 bits per heavy atom. The van der Waals surface area contributed by atoms with E-state index in [1.54, 1.807) is 0 Å². The Hall–Kier alpha value is 0.640. The highest BCUT2D eigenvalue weighted by Gasteiger charge is 2.14. The number of rotatable bonds is 5. The molecule has 0 saturated heterocycles. The lowest BCUT2D eigenvalue weighted by molar-refractivity contribution is 0.911. The summed E-state index contributed by atoms with van der Waals surface area (Å²) in [6.45, 7) is 0. The van der Waals surface area contributed by atoms with Crippen molar-refractivity contribution < 1.29 is 0 Å². The molecule has 0 aliphatic rings. The average molecular weight is 312 g/mol. The van der Waals surface area contributed by atoms with E-state index in [9.17, 15) is 0 Å². The second-order valence-electron chi connectivity index (χ2n) is 3.11. The van der Waals surface area contributed by atoms with Crippen molar-refractivity contribution in [2.24, 2.45) is 0 Å². The number of halogens is 2. The van der Waals surface area contributed by atoms with Crippen LogP contribution in [0.15, 0.2) is 30.3 Å². The smallest absolute Gasteiger partial charge is 0.0658 e. The molecule has 0 aromatic heterocycles. The van der Waals surface area contributed by atoms with Crippen molar-refractivity contribution in [1.82, 2.24) is 0 Å². The largest absolute Gasteiger partial charge is 0.0928 e. The lowest BCUT2D eigenvalue weighted by Gasteiger charge is -2.13. The first-order valence-corrected chi connectivity index (χ1v) is 9.58. The van der Waals surface area contributed by atoms with Crippen LogP contribution in [0.3, 0.4) is 0 Å². The standard InChI is InChI=1S/C10H13BrClPS/c11-8-4-5-9-13(12,14)10-6-2-1-3-7-10/h1-3,6-7H,4-5,8-9H2. The van der Waals surface area contributed by atoms with Crippen LogP contribution in [0.1, 0.15) is 12.8 Å². The Bertz CT molecular complexity index is 315. The van der Waals surface area contributed by atoms with Gasteiger partial charge in [-0.15, -0.1) is 0 Å². The van der Waals surface area contributed by atoms with Crippen molar-refractivity contribution >= 4 is 49.7 Å². The minimum Gasteiger partial charge on any atom is -0.0928 e. The molecule has 0 spiro atoms. The molecule has 0 N–H and O–H groups in total. The summed E-state index contributed by atoms with van der Waals surface area (Å²) in [6.07, 6.45) is 3.22. The predicted molar refractivity (Wildman–Crippen MR) is 74.1 cm³/mol. The molecule has 0 nitrogen and oxygen atoms in total. The van der Waals surface area contributed by atoms with E-state index in [2.05, 4.69) is 15.9 Å². The van der Waals surface area contributed by atoms with E-state index >= 15 is 0 Å². The molecule has 1 unspecified atom stereocenters. The molecular weight excluding hydrogens is 299 g/mol. The van der Waals surface area contributed by atoms with Gasteiger partial charge in [-0.05, 0) is 24.3 Å². The van der Waals surface area contributed by atoms with Gasteiger partial charge in [-0.3, -0.25) is 0 Å². The van der Waals surface area contributed by atoms with Crippen molar-refractivity contribution in [3.05, 3.63) is 30.3 Å². The molecular formula is C10H13BrClPS. The topological polar surface area (TPSA) is 0 Å². The summed E-state index contributed by atoms with van der Waals surface area (Å²) in [7, 11) is 0. The number of hydrogen-bond acceptors (Lipinski definition) is 1. The Morgan fingerprint density at radius 3 is 2.43 bits per heavy atom. The summed E-state index contributed by atoms with van der Waals surface area (Å²) in [6, 6.07) is 10.1. The maximum Gasteiger partial charge on any atom is 0.0658 e. The first-order valence-electron chi connectivity index (χ1n) is 4.57. The van der Waals surface area contributed by atoms with Crippen LogP contribution in [-0.2, 0) is 11.8 Å². The highest BCUT2D eigenvalue weighted by molar-refractivity contribution is 9.09. The molecule has 14 heavy (non-hydrogen) atoms. The summed E-state index contributed by atoms with van der Waals surface area (Å²) < 4.78 is 0.